The maximum absolute atomic E-state index is 11.0. The molecule has 0 fully saturated rings. The number of nitro benzene ring substituents is 1. The molecule has 2 rings (SSSR count). The van der Waals surface area contributed by atoms with Gasteiger partial charge in [-0.25, -0.2) is 0 Å². The average Bonchev–Trinajstić information content (AvgIpc) is 2.60. The zero-order valence-electron chi connectivity index (χ0n) is 9.30. The summed E-state index contributed by atoms with van der Waals surface area (Å²) in [7, 11) is 1.72. The molecule has 0 bridgehead atoms. The highest BCUT2D eigenvalue weighted by molar-refractivity contribution is 7.71. The summed E-state index contributed by atoms with van der Waals surface area (Å²) in [6, 6.07) is 4.92. The Morgan fingerprint density at radius 1 is 1.53 bits per heavy atom. The van der Waals surface area contributed by atoms with E-state index in [0.29, 0.717) is 16.2 Å². The van der Waals surface area contributed by atoms with Gasteiger partial charge in [0.05, 0.1) is 10.5 Å². The van der Waals surface area contributed by atoms with Gasteiger partial charge in [-0.3, -0.25) is 15.2 Å². The van der Waals surface area contributed by atoms with Crippen LogP contribution in [-0.4, -0.2) is 19.7 Å². The van der Waals surface area contributed by atoms with E-state index in [1.807, 2.05) is 0 Å². The lowest BCUT2D eigenvalue weighted by Crippen LogP contribution is -1.99. The van der Waals surface area contributed by atoms with Crippen molar-refractivity contribution in [3.63, 3.8) is 0 Å². The summed E-state index contributed by atoms with van der Waals surface area (Å²) in [4.78, 5) is 10.6. The number of hydrogen-bond acceptors (Lipinski definition) is 4. The quantitative estimate of drug-likeness (QED) is 0.504. The molecule has 0 saturated heterocycles. The molecular weight excluding hydrogens is 240 g/mol. The van der Waals surface area contributed by atoms with Crippen LogP contribution in [0.3, 0.4) is 0 Å². The number of rotatable bonds is 2. The molecule has 0 aliphatic heterocycles. The zero-order valence-corrected chi connectivity index (χ0v) is 10.1. The van der Waals surface area contributed by atoms with E-state index < -0.39 is 4.92 Å². The van der Waals surface area contributed by atoms with Gasteiger partial charge in [-0.2, -0.15) is 5.10 Å². The molecule has 0 unspecified atom stereocenters. The van der Waals surface area contributed by atoms with Gasteiger partial charge in [-0.15, -0.1) is 0 Å². The predicted molar refractivity (Wildman–Crippen MR) is 65.2 cm³/mol. The van der Waals surface area contributed by atoms with Gasteiger partial charge >= 0.3 is 0 Å². The minimum absolute atomic E-state index is 0.0297. The molecule has 0 saturated carbocycles. The fourth-order valence-electron chi connectivity index (χ4n) is 1.67. The van der Waals surface area contributed by atoms with Crippen molar-refractivity contribution in [1.29, 1.82) is 0 Å². The van der Waals surface area contributed by atoms with Crippen molar-refractivity contribution in [2.24, 2.45) is 7.05 Å². The lowest BCUT2D eigenvalue weighted by atomic mass is 10.1. The normalized spacial score (nSPS) is 10.5. The smallest absolute Gasteiger partial charge is 0.280 e. The van der Waals surface area contributed by atoms with E-state index in [-0.39, 0.29) is 5.69 Å². The number of H-pyrrole nitrogens is 1. The van der Waals surface area contributed by atoms with E-state index >= 15 is 0 Å². The Morgan fingerprint density at radius 2 is 2.24 bits per heavy atom. The van der Waals surface area contributed by atoms with Crippen LogP contribution < -0.4 is 0 Å². The Hall–Kier alpha value is -2.02. The standard InChI is InChI=1S/C10H10N4O2S/c1-6-4-3-5-7(14(15)16)8(6)9-11-12-10(17)13(9)2/h3-5H,1-2H3,(H,12,17). The molecule has 0 amide bonds. The molecule has 1 aromatic carbocycles. The van der Waals surface area contributed by atoms with Crippen LogP contribution in [0.5, 0.6) is 0 Å². The zero-order chi connectivity index (χ0) is 12.6. The first-order valence-corrected chi connectivity index (χ1v) is 5.29. The van der Waals surface area contributed by atoms with Crippen molar-refractivity contribution < 1.29 is 4.92 Å². The van der Waals surface area contributed by atoms with Gasteiger partial charge in [-0.1, -0.05) is 12.1 Å². The van der Waals surface area contributed by atoms with Crippen LogP contribution in [-0.2, 0) is 7.05 Å². The second-order valence-corrected chi connectivity index (χ2v) is 4.02. The number of nitro groups is 1. The number of aromatic nitrogens is 3. The van der Waals surface area contributed by atoms with Crippen LogP contribution in [0.1, 0.15) is 5.56 Å². The van der Waals surface area contributed by atoms with Gasteiger partial charge in [0.2, 0.25) is 0 Å². The fraction of sp³-hybridized carbons (Fsp3) is 0.200. The van der Waals surface area contributed by atoms with Crippen LogP contribution in [0.2, 0.25) is 0 Å². The van der Waals surface area contributed by atoms with E-state index in [0.717, 1.165) is 5.56 Å². The highest BCUT2D eigenvalue weighted by Crippen LogP contribution is 2.31. The summed E-state index contributed by atoms with van der Waals surface area (Å²) < 4.78 is 2.04. The second-order valence-electron chi connectivity index (χ2n) is 3.64. The SMILES string of the molecule is Cc1cccc([N+](=O)[O-])c1-c1n[nH]c(=S)n1C. The molecule has 2 aromatic rings. The summed E-state index contributed by atoms with van der Waals surface area (Å²) in [6.45, 7) is 1.81. The van der Waals surface area contributed by atoms with E-state index in [4.69, 9.17) is 12.2 Å². The van der Waals surface area contributed by atoms with Gasteiger partial charge in [0.25, 0.3) is 5.69 Å². The van der Waals surface area contributed by atoms with Crippen LogP contribution in [0, 0.1) is 21.8 Å². The Morgan fingerprint density at radius 3 is 2.76 bits per heavy atom. The molecule has 88 valence electrons. The number of nitrogens with one attached hydrogen (secondary N) is 1. The topological polar surface area (TPSA) is 76.8 Å². The molecule has 1 aromatic heterocycles. The predicted octanol–water partition coefficient (Wildman–Crippen LogP) is 2.36. The molecule has 0 radical (unpaired) electrons. The molecule has 7 heteroatoms. The number of benzene rings is 1. The van der Waals surface area contributed by atoms with E-state index in [1.54, 1.807) is 30.7 Å². The average molecular weight is 250 g/mol. The van der Waals surface area contributed by atoms with Crippen LogP contribution in [0.25, 0.3) is 11.4 Å². The monoisotopic (exact) mass is 250 g/mol. The maximum atomic E-state index is 11.0. The summed E-state index contributed by atoms with van der Waals surface area (Å²) in [6.07, 6.45) is 0. The first kappa shape index (κ1) is 11.5. The van der Waals surface area contributed by atoms with E-state index in [1.165, 1.54) is 6.07 Å². The van der Waals surface area contributed by atoms with Crippen molar-refractivity contribution in [3.05, 3.63) is 38.6 Å². The van der Waals surface area contributed by atoms with Gasteiger partial charge in [-0.05, 0) is 24.7 Å². The third-order valence-electron chi connectivity index (χ3n) is 2.55. The van der Waals surface area contributed by atoms with E-state index in [2.05, 4.69) is 10.2 Å². The van der Waals surface area contributed by atoms with Crippen molar-refractivity contribution >= 4 is 17.9 Å². The molecule has 0 spiro atoms. The lowest BCUT2D eigenvalue weighted by Gasteiger charge is -2.05. The van der Waals surface area contributed by atoms with Crippen molar-refractivity contribution in [2.45, 2.75) is 6.92 Å². The molecule has 0 aliphatic carbocycles. The summed E-state index contributed by atoms with van der Waals surface area (Å²) in [5.74, 6) is 0.472. The molecule has 0 aliphatic rings. The molecule has 0 atom stereocenters. The fourth-order valence-corrected chi connectivity index (χ4v) is 1.80. The molecular formula is C10H10N4O2S. The van der Waals surface area contributed by atoms with Crippen LogP contribution in [0.15, 0.2) is 18.2 Å². The molecule has 6 nitrogen and oxygen atoms in total. The highest BCUT2D eigenvalue weighted by Gasteiger charge is 2.20. The number of aromatic amines is 1. The van der Waals surface area contributed by atoms with Gasteiger partial charge in [0.15, 0.2) is 10.6 Å². The van der Waals surface area contributed by atoms with Gasteiger partial charge in [0, 0.05) is 13.1 Å². The Labute approximate surface area is 102 Å². The van der Waals surface area contributed by atoms with Crippen LogP contribution in [0.4, 0.5) is 5.69 Å². The Bertz CT molecular complexity index is 644. The molecule has 17 heavy (non-hydrogen) atoms. The third kappa shape index (κ3) is 1.84. The highest BCUT2D eigenvalue weighted by atomic mass is 32.1. The minimum atomic E-state index is -0.417. The molecule has 1 heterocycles. The van der Waals surface area contributed by atoms with Crippen LogP contribution >= 0.6 is 12.2 Å². The first-order chi connectivity index (χ1) is 8.02. The lowest BCUT2D eigenvalue weighted by molar-refractivity contribution is -0.384. The maximum Gasteiger partial charge on any atom is 0.280 e. The second kappa shape index (κ2) is 4.10. The largest absolute Gasteiger partial charge is 0.303 e. The van der Waals surface area contributed by atoms with E-state index in [9.17, 15) is 10.1 Å². The summed E-state index contributed by atoms with van der Waals surface area (Å²) >= 11 is 5.00. The molecule has 1 N–H and O–H groups in total. The number of aryl methyl sites for hydroxylation is 1. The first-order valence-electron chi connectivity index (χ1n) is 4.88. The summed E-state index contributed by atoms with van der Waals surface area (Å²) in [5, 5.41) is 17.7. The minimum Gasteiger partial charge on any atom is -0.303 e. The Balaban J connectivity index is 2.79. The third-order valence-corrected chi connectivity index (χ3v) is 2.92. The Kier molecular flexibility index (Phi) is 2.76. The van der Waals surface area contributed by atoms with Crippen molar-refractivity contribution in [3.8, 4) is 11.4 Å². The number of nitrogens with zero attached hydrogens (tertiary/aromatic N) is 3. The van der Waals surface area contributed by atoms with Crippen molar-refractivity contribution in [2.75, 3.05) is 0 Å². The van der Waals surface area contributed by atoms with Gasteiger partial charge in [0.1, 0.15) is 0 Å². The summed E-state index contributed by atoms with van der Waals surface area (Å²) in [5.41, 5.74) is 1.31. The van der Waals surface area contributed by atoms with Crippen molar-refractivity contribution in [1.82, 2.24) is 14.8 Å². The van der Waals surface area contributed by atoms with Gasteiger partial charge < -0.3 is 4.57 Å². The number of hydrogen-bond donors (Lipinski definition) is 1.